The maximum Gasteiger partial charge on any atom is 0.253 e. The molecular weight excluding hydrogens is 486 g/mol. The molecule has 7 nitrogen and oxygen atoms in total. The van der Waals surface area contributed by atoms with Gasteiger partial charge in [-0.15, -0.1) is 0 Å². The van der Waals surface area contributed by atoms with E-state index in [0.29, 0.717) is 33.1 Å². The lowest BCUT2D eigenvalue weighted by Crippen LogP contribution is -2.42. The number of hydrogen-bond acceptors (Lipinski definition) is 5. The number of piperidine rings is 1. The number of aromatic nitrogens is 2. The highest BCUT2D eigenvalue weighted by Gasteiger charge is 2.24. The summed E-state index contributed by atoms with van der Waals surface area (Å²) in [6.45, 7) is 1.88. The van der Waals surface area contributed by atoms with E-state index in [4.69, 9.17) is 11.6 Å². The topological polar surface area (TPSA) is 81.3 Å². The summed E-state index contributed by atoms with van der Waals surface area (Å²) in [5, 5.41) is 4.11. The van der Waals surface area contributed by atoms with Gasteiger partial charge in [0.1, 0.15) is 5.82 Å². The molecule has 0 radical (unpaired) electrons. The first-order valence-corrected chi connectivity index (χ1v) is 12.8. The third-order valence-corrected chi connectivity index (χ3v) is 7.35. The number of nitrogens with one attached hydrogen (secondary N) is 2. The number of nitrogens with zero attached hydrogens (tertiary/aromatic N) is 3. The van der Waals surface area contributed by atoms with Crippen molar-refractivity contribution < 1.29 is 4.79 Å². The molecule has 4 aromatic rings. The van der Waals surface area contributed by atoms with Gasteiger partial charge in [-0.3, -0.25) is 9.59 Å². The lowest BCUT2D eigenvalue weighted by Gasteiger charge is -2.35. The van der Waals surface area contributed by atoms with E-state index in [2.05, 4.69) is 39.2 Å². The molecule has 1 aliphatic heterocycles. The summed E-state index contributed by atoms with van der Waals surface area (Å²) in [6, 6.07) is 18.2. The van der Waals surface area contributed by atoms with Crippen molar-refractivity contribution in [3.63, 3.8) is 0 Å². The van der Waals surface area contributed by atoms with Crippen LogP contribution in [0.25, 0.3) is 10.9 Å². The number of amides is 1. The van der Waals surface area contributed by atoms with E-state index in [1.165, 1.54) is 0 Å². The van der Waals surface area contributed by atoms with Crippen LogP contribution in [-0.2, 0) is 0 Å². The average molecular weight is 516 g/mol. The molecule has 190 valence electrons. The van der Waals surface area contributed by atoms with E-state index in [9.17, 15) is 9.59 Å². The molecule has 1 fully saturated rings. The number of fused-ring (bicyclic) bond motifs is 1. The Hall–Kier alpha value is -3.68. The van der Waals surface area contributed by atoms with Crippen LogP contribution in [0.15, 0.2) is 77.9 Å². The number of rotatable bonds is 6. The summed E-state index contributed by atoms with van der Waals surface area (Å²) in [7, 11) is 4.24. The highest BCUT2D eigenvalue weighted by molar-refractivity contribution is 6.31. The smallest absolute Gasteiger partial charge is 0.253 e. The van der Waals surface area contributed by atoms with Crippen LogP contribution in [0.3, 0.4) is 0 Å². The molecule has 1 aliphatic rings. The van der Waals surface area contributed by atoms with E-state index >= 15 is 0 Å². The number of halogens is 1. The van der Waals surface area contributed by atoms with Crippen LogP contribution in [0, 0.1) is 0 Å². The zero-order valence-electron chi connectivity index (χ0n) is 20.9. The third kappa shape index (κ3) is 5.38. The number of carbonyl (C=O) groups excluding carboxylic acids is 1. The van der Waals surface area contributed by atoms with Crippen molar-refractivity contribution in [1.29, 1.82) is 0 Å². The van der Waals surface area contributed by atoms with Gasteiger partial charge in [-0.2, -0.15) is 0 Å². The molecular formula is C29H30ClN5O2. The van der Waals surface area contributed by atoms with Gasteiger partial charge >= 0.3 is 0 Å². The molecule has 2 N–H and O–H groups in total. The summed E-state index contributed by atoms with van der Waals surface area (Å²) in [6.07, 6.45) is 5.43. The summed E-state index contributed by atoms with van der Waals surface area (Å²) in [5.74, 6) is 0.577. The van der Waals surface area contributed by atoms with E-state index < -0.39 is 6.04 Å². The van der Waals surface area contributed by atoms with Crippen molar-refractivity contribution in [3.05, 3.63) is 105 Å². The summed E-state index contributed by atoms with van der Waals surface area (Å²) in [4.78, 5) is 39.0. The molecule has 1 unspecified atom stereocenters. The fourth-order valence-electron chi connectivity index (χ4n) is 4.94. The number of benzene rings is 2. The van der Waals surface area contributed by atoms with Gasteiger partial charge in [0.2, 0.25) is 0 Å². The minimum absolute atomic E-state index is 0.158. The molecule has 1 atom stereocenters. The Labute approximate surface area is 221 Å². The first kappa shape index (κ1) is 25.0. The first-order chi connectivity index (χ1) is 17.9. The quantitative estimate of drug-likeness (QED) is 0.391. The van der Waals surface area contributed by atoms with Gasteiger partial charge in [0.15, 0.2) is 5.43 Å². The van der Waals surface area contributed by atoms with Crippen molar-refractivity contribution >= 4 is 34.2 Å². The second kappa shape index (κ2) is 10.7. The predicted molar refractivity (Wildman–Crippen MR) is 148 cm³/mol. The van der Waals surface area contributed by atoms with Crippen molar-refractivity contribution in [2.75, 3.05) is 32.1 Å². The van der Waals surface area contributed by atoms with Crippen molar-refractivity contribution in [2.45, 2.75) is 24.9 Å². The lowest BCUT2D eigenvalue weighted by molar-refractivity contribution is 0.0942. The van der Waals surface area contributed by atoms with Crippen LogP contribution in [0.5, 0.6) is 0 Å². The lowest BCUT2D eigenvalue weighted by atomic mass is 9.98. The molecule has 3 heterocycles. The Balaban J connectivity index is 1.39. The zero-order valence-corrected chi connectivity index (χ0v) is 21.7. The van der Waals surface area contributed by atoms with E-state index in [0.717, 1.165) is 37.3 Å². The van der Waals surface area contributed by atoms with Gasteiger partial charge in [0.25, 0.3) is 5.91 Å². The van der Waals surface area contributed by atoms with Gasteiger partial charge in [-0.05, 0) is 62.8 Å². The fourth-order valence-corrected chi connectivity index (χ4v) is 5.12. The van der Waals surface area contributed by atoms with Crippen LogP contribution >= 0.6 is 11.6 Å². The number of aromatic amines is 1. The first-order valence-electron chi connectivity index (χ1n) is 12.4. The van der Waals surface area contributed by atoms with Gasteiger partial charge < -0.3 is 20.1 Å². The van der Waals surface area contributed by atoms with Crippen LogP contribution in [-0.4, -0.2) is 54.0 Å². The Bertz CT molecular complexity index is 1450. The van der Waals surface area contributed by atoms with Gasteiger partial charge in [-0.1, -0.05) is 41.9 Å². The standard InChI is InChI=1S/C29H30ClN5O2/c1-34(2)22-12-14-35(15-13-22)26-11-8-20(17-32-26)29(37)33-27(19-6-4-3-5-7-19)24-18-31-25-16-21(30)9-10-23(25)28(24)36/h3-11,16-18,22,27H,12-15H2,1-2H3,(H,31,36)(H,33,37). The molecule has 1 saturated heterocycles. The second-order valence-corrected chi connectivity index (χ2v) is 10.1. The molecule has 0 bridgehead atoms. The van der Waals surface area contributed by atoms with E-state index in [1.54, 1.807) is 36.7 Å². The molecule has 1 amide bonds. The molecule has 8 heteroatoms. The number of pyridine rings is 2. The van der Waals surface area contributed by atoms with Crippen molar-refractivity contribution in [3.8, 4) is 0 Å². The largest absolute Gasteiger partial charge is 0.361 e. The van der Waals surface area contributed by atoms with Gasteiger partial charge in [0, 0.05) is 47.5 Å². The number of anilines is 1. The molecule has 0 spiro atoms. The van der Waals surface area contributed by atoms with E-state index in [-0.39, 0.29) is 11.3 Å². The number of carbonyl (C=O) groups is 1. The van der Waals surface area contributed by atoms with Crippen LogP contribution in [0.4, 0.5) is 5.82 Å². The van der Waals surface area contributed by atoms with Gasteiger partial charge in [0.05, 0.1) is 17.1 Å². The molecule has 37 heavy (non-hydrogen) atoms. The third-order valence-electron chi connectivity index (χ3n) is 7.12. The molecule has 2 aromatic heterocycles. The number of hydrogen-bond donors (Lipinski definition) is 2. The SMILES string of the molecule is CN(C)C1CCN(c2ccc(C(=O)NC(c3ccccc3)c3c[nH]c4cc(Cl)ccc4c3=O)cn2)CC1. The average Bonchev–Trinajstić information content (AvgIpc) is 2.92. The van der Waals surface area contributed by atoms with Crippen LogP contribution in [0.1, 0.15) is 40.4 Å². The Morgan fingerprint density at radius 1 is 1.11 bits per heavy atom. The molecule has 2 aromatic carbocycles. The fraction of sp³-hybridized carbons (Fsp3) is 0.276. The second-order valence-electron chi connectivity index (χ2n) is 9.67. The highest BCUT2D eigenvalue weighted by atomic mass is 35.5. The zero-order chi connectivity index (χ0) is 25.9. The minimum Gasteiger partial charge on any atom is -0.361 e. The summed E-state index contributed by atoms with van der Waals surface area (Å²) >= 11 is 6.10. The monoisotopic (exact) mass is 515 g/mol. The van der Waals surface area contributed by atoms with Crippen LogP contribution < -0.4 is 15.6 Å². The van der Waals surface area contributed by atoms with Crippen LogP contribution in [0.2, 0.25) is 5.02 Å². The summed E-state index contributed by atoms with van der Waals surface area (Å²) < 4.78 is 0. The Morgan fingerprint density at radius 2 is 1.86 bits per heavy atom. The Morgan fingerprint density at radius 3 is 2.54 bits per heavy atom. The van der Waals surface area contributed by atoms with Crippen molar-refractivity contribution in [1.82, 2.24) is 20.2 Å². The maximum atomic E-state index is 13.4. The molecule has 5 rings (SSSR count). The predicted octanol–water partition coefficient (Wildman–Crippen LogP) is 4.63. The number of H-pyrrole nitrogens is 1. The van der Waals surface area contributed by atoms with E-state index in [1.807, 2.05) is 36.4 Å². The molecule has 0 aliphatic carbocycles. The van der Waals surface area contributed by atoms with Crippen molar-refractivity contribution in [2.24, 2.45) is 0 Å². The normalized spacial score (nSPS) is 15.2. The van der Waals surface area contributed by atoms with Gasteiger partial charge in [-0.25, -0.2) is 4.98 Å². The molecule has 0 saturated carbocycles. The maximum absolute atomic E-state index is 13.4. The highest BCUT2D eigenvalue weighted by Crippen LogP contribution is 2.24. The minimum atomic E-state index is -0.637. The summed E-state index contributed by atoms with van der Waals surface area (Å²) in [5.41, 5.74) is 2.19. The Kier molecular flexibility index (Phi) is 7.26.